The summed E-state index contributed by atoms with van der Waals surface area (Å²) in [4.78, 5) is 12.2. The number of tetrazole rings is 1. The van der Waals surface area contributed by atoms with Gasteiger partial charge in [-0.25, -0.2) is 0 Å². The van der Waals surface area contributed by atoms with E-state index in [1.54, 1.807) is 12.1 Å². The molecule has 0 saturated heterocycles. The molecule has 0 amide bonds. The number of ether oxygens (including phenoxy) is 2. The summed E-state index contributed by atoms with van der Waals surface area (Å²) in [6.07, 6.45) is 1.98. The molecule has 0 aliphatic heterocycles. The van der Waals surface area contributed by atoms with Crippen LogP contribution in [0.3, 0.4) is 0 Å². The minimum atomic E-state index is -0.0813. The molecule has 0 aliphatic rings. The second-order valence-electron chi connectivity index (χ2n) is 7.46. The predicted octanol–water partition coefficient (Wildman–Crippen LogP) is 4.80. The summed E-state index contributed by atoms with van der Waals surface area (Å²) in [6, 6.07) is 10.8. The van der Waals surface area contributed by atoms with Crippen LogP contribution in [0, 0.1) is 5.92 Å². The minimum absolute atomic E-state index is 0.0734. The number of rotatable bonds is 11. The van der Waals surface area contributed by atoms with Gasteiger partial charge in [0.15, 0.2) is 5.78 Å². The molecule has 3 rings (SSSR count). The summed E-state index contributed by atoms with van der Waals surface area (Å²) in [5.74, 6) is 1.89. The number of unbranched alkanes of at least 4 members (excludes halogenated alkanes) is 1. The highest BCUT2D eigenvalue weighted by Crippen LogP contribution is 2.37. The average molecular weight is 489 g/mol. The van der Waals surface area contributed by atoms with Crippen molar-refractivity contribution < 1.29 is 19.4 Å². The smallest absolute Gasteiger partial charge is 0.204 e. The summed E-state index contributed by atoms with van der Waals surface area (Å²) < 4.78 is 11.9. The van der Waals surface area contributed by atoms with Crippen molar-refractivity contribution in [3.8, 4) is 28.6 Å². The van der Waals surface area contributed by atoms with Crippen LogP contribution in [-0.2, 0) is 0 Å². The lowest BCUT2D eigenvalue weighted by Gasteiger charge is -2.13. The number of phenolic OH excluding ortho intramolecular Hbond substituents is 1. The summed E-state index contributed by atoms with van der Waals surface area (Å²) in [5.41, 5.74) is 1.17. The van der Waals surface area contributed by atoms with Crippen LogP contribution in [0.2, 0.25) is 0 Å². The molecule has 0 bridgehead atoms. The monoisotopic (exact) mass is 488 g/mol. The number of carbonyl (C=O) groups is 1. The zero-order chi connectivity index (χ0) is 22.2. The van der Waals surface area contributed by atoms with Crippen molar-refractivity contribution in [3.63, 3.8) is 0 Å². The molecule has 0 atom stereocenters. The van der Waals surface area contributed by atoms with Gasteiger partial charge in [0.1, 0.15) is 21.7 Å². The van der Waals surface area contributed by atoms with Gasteiger partial charge in [-0.3, -0.25) is 4.79 Å². The number of Topliss-reactive ketones (excluding diaryl/α,β-unsaturated/α-hetero) is 1. The van der Waals surface area contributed by atoms with Gasteiger partial charge in [0.05, 0.1) is 18.8 Å². The van der Waals surface area contributed by atoms with Gasteiger partial charge in [0.25, 0.3) is 0 Å². The Morgan fingerprint density at radius 3 is 2.45 bits per heavy atom. The van der Waals surface area contributed by atoms with Crippen molar-refractivity contribution in [2.45, 2.75) is 33.1 Å². The first-order valence-electron chi connectivity index (χ1n) is 10.1. The number of aromatic hydroxyl groups is 1. The Morgan fingerprint density at radius 1 is 1.10 bits per heavy atom. The number of benzene rings is 2. The van der Waals surface area contributed by atoms with Gasteiger partial charge in [-0.2, -0.15) is 5.21 Å². The molecule has 2 N–H and O–H groups in total. The van der Waals surface area contributed by atoms with Gasteiger partial charge in [0, 0.05) is 12.0 Å². The van der Waals surface area contributed by atoms with Gasteiger partial charge in [-0.1, -0.05) is 13.8 Å². The van der Waals surface area contributed by atoms with Gasteiger partial charge >= 0.3 is 0 Å². The molecule has 164 valence electrons. The molecule has 0 saturated carbocycles. The summed E-state index contributed by atoms with van der Waals surface area (Å²) in [5, 5.41) is 24.2. The zero-order valence-corrected chi connectivity index (χ0v) is 19.1. The van der Waals surface area contributed by atoms with E-state index in [4.69, 9.17) is 9.47 Å². The molecule has 0 fully saturated rings. The van der Waals surface area contributed by atoms with Crippen LogP contribution in [0.5, 0.6) is 17.2 Å². The lowest BCUT2D eigenvalue weighted by Crippen LogP contribution is -2.06. The van der Waals surface area contributed by atoms with E-state index in [2.05, 4.69) is 36.6 Å². The Morgan fingerprint density at radius 2 is 1.81 bits per heavy atom. The first kappa shape index (κ1) is 22.7. The molecule has 31 heavy (non-hydrogen) atoms. The van der Waals surface area contributed by atoms with E-state index in [1.165, 1.54) is 0 Å². The molecule has 9 heteroatoms. The first-order valence-corrected chi connectivity index (χ1v) is 10.9. The van der Waals surface area contributed by atoms with Crippen molar-refractivity contribution >= 4 is 21.7 Å². The number of halogens is 1. The van der Waals surface area contributed by atoms with Crippen molar-refractivity contribution in [1.29, 1.82) is 0 Å². The fourth-order valence-electron chi connectivity index (χ4n) is 2.92. The summed E-state index contributed by atoms with van der Waals surface area (Å²) in [7, 11) is 0. The molecule has 1 aromatic heterocycles. The van der Waals surface area contributed by atoms with Gasteiger partial charge in [-0.05, 0) is 76.3 Å². The first-order chi connectivity index (χ1) is 15.0. The maximum atomic E-state index is 12.2. The van der Waals surface area contributed by atoms with E-state index in [1.807, 2.05) is 38.1 Å². The fraction of sp³-hybridized carbons (Fsp3) is 0.364. The van der Waals surface area contributed by atoms with E-state index in [0.29, 0.717) is 41.2 Å². The van der Waals surface area contributed by atoms with Crippen molar-refractivity contribution in [2.24, 2.45) is 5.92 Å². The largest absolute Gasteiger partial charge is 0.506 e. The van der Waals surface area contributed by atoms with Crippen molar-refractivity contribution in [1.82, 2.24) is 20.6 Å². The molecule has 0 radical (unpaired) electrons. The van der Waals surface area contributed by atoms with Crippen molar-refractivity contribution in [3.05, 3.63) is 46.4 Å². The summed E-state index contributed by atoms with van der Waals surface area (Å²) >= 11 is 3.33. The average Bonchev–Trinajstić information content (AvgIpc) is 3.28. The molecule has 3 aromatic rings. The van der Waals surface area contributed by atoms with Crippen LogP contribution in [-0.4, -0.2) is 44.7 Å². The van der Waals surface area contributed by atoms with Gasteiger partial charge in [-0.15, -0.1) is 10.2 Å². The predicted molar refractivity (Wildman–Crippen MR) is 119 cm³/mol. The molecule has 1 heterocycles. The van der Waals surface area contributed by atoms with Crippen molar-refractivity contribution in [2.75, 3.05) is 13.2 Å². The molecule has 0 spiro atoms. The Kier molecular flexibility index (Phi) is 8.00. The molecular formula is C22H25BrN4O4. The number of nitrogens with zero attached hydrogens (tertiary/aromatic N) is 3. The number of ketones is 1. The van der Waals surface area contributed by atoms with Crippen LogP contribution in [0.15, 0.2) is 40.9 Å². The quantitative estimate of drug-likeness (QED) is 0.294. The Bertz CT molecular complexity index is 992. The maximum Gasteiger partial charge on any atom is 0.204 e. The number of aromatic amines is 1. The molecule has 2 aromatic carbocycles. The number of nitrogens with one attached hydrogen (secondary N) is 1. The second kappa shape index (κ2) is 10.9. The molecular weight excluding hydrogens is 464 g/mol. The topological polar surface area (TPSA) is 110 Å². The van der Waals surface area contributed by atoms with E-state index >= 15 is 0 Å². The van der Waals surface area contributed by atoms with E-state index in [0.717, 1.165) is 24.2 Å². The highest BCUT2D eigenvalue weighted by atomic mass is 79.9. The third-order valence-electron chi connectivity index (χ3n) is 4.50. The number of aromatic nitrogens is 4. The minimum Gasteiger partial charge on any atom is -0.506 e. The van der Waals surface area contributed by atoms with Crippen LogP contribution in [0.4, 0.5) is 0 Å². The van der Waals surface area contributed by atoms with Crippen LogP contribution >= 0.6 is 15.9 Å². The van der Waals surface area contributed by atoms with E-state index in [-0.39, 0.29) is 17.5 Å². The van der Waals surface area contributed by atoms with E-state index in [9.17, 15) is 9.90 Å². The van der Waals surface area contributed by atoms with Crippen LogP contribution in [0.25, 0.3) is 11.4 Å². The normalized spacial score (nSPS) is 11.0. The SMILES string of the molecule is CC(C)CC(=O)c1ccc(OCCCCOc2ccc(-c3nn[nH]n3)cc2)c(Br)c1O. The lowest BCUT2D eigenvalue weighted by atomic mass is 10.0. The molecule has 8 nitrogen and oxygen atoms in total. The Labute approximate surface area is 189 Å². The highest BCUT2D eigenvalue weighted by molar-refractivity contribution is 9.10. The van der Waals surface area contributed by atoms with Gasteiger partial charge in [0.2, 0.25) is 5.82 Å². The highest BCUT2D eigenvalue weighted by Gasteiger charge is 2.18. The zero-order valence-electron chi connectivity index (χ0n) is 17.5. The van der Waals surface area contributed by atoms with E-state index < -0.39 is 0 Å². The second-order valence-corrected chi connectivity index (χ2v) is 8.25. The number of hydrogen-bond donors (Lipinski definition) is 2. The molecule has 0 unspecified atom stereocenters. The third-order valence-corrected chi connectivity index (χ3v) is 5.26. The number of hydrogen-bond acceptors (Lipinski definition) is 7. The maximum absolute atomic E-state index is 12.2. The number of carbonyl (C=O) groups excluding carboxylic acids is 1. The Hall–Kier alpha value is -2.94. The summed E-state index contributed by atoms with van der Waals surface area (Å²) in [6.45, 7) is 4.96. The Balaban J connectivity index is 1.41. The standard InChI is InChI=1S/C22H25BrN4O4/c1-14(2)13-18(28)17-9-10-19(20(23)21(17)29)31-12-4-3-11-30-16-7-5-15(6-8-16)22-24-26-27-25-22/h5-10,14,29H,3-4,11-13H2,1-2H3,(H,24,25,26,27). The van der Waals surface area contributed by atoms with Crippen LogP contribution in [0.1, 0.15) is 43.5 Å². The number of H-pyrrole nitrogens is 1. The number of phenols is 1. The van der Waals surface area contributed by atoms with Gasteiger partial charge < -0.3 is 14.6 Å². The third kappa shape index (κ3) is 6.27. The van der Waals surface area contributed by atoms with Crippen LogP contribution < -0.4 is 9.47 Å². The molecule has 0 aliphatic carbocycles. The fourth-order valence-corrected chi connectivity index (χ4v) is 3.38. The lowest BCUT2D eigenvalue weighted by molar-refractivity contribution is 0.0965.